The lowest BCUT2D eigenvalue weighted by molar-refractivity contribution is 0.865. The highest BCUT2D eigenvalue weighted by atomic mass is 14.0. The normalized spacial score (nSPS) is 9.46. The number of benzene rings is 1. The van der Waals surface area contributed by atoms with Gasteiger partial charge in [-0.2, -0.15) is 0 Å². The van der Waals surface area contributed by atoms with Crippen LogP contribution >= 0.6 is 0 Å². The van der Waals surface area contributed by atoms with E-state index in [0.717, 1.165) is 6.42 Å². The van der Waals surface area contributed by atoms with Crippen molar-refractivity contribution in [2.45, 2.75) is 33.6 Å². The Morgan fingerprint density at radius 3 is 2.15 bits per heavy atom. The number of hydrogen-bond acceptors (Lipinski definition) is 0. The molecule has 0 N–H and O–H groups in total. The molecule has 0 spiro atoms. The molecule has 0 aliphatic carbocycles. The van der Waals surface area contributed by atoms with Crippen molar-refractivity contribution < 1.29 is 0 Å². The Balaban J connectivity index is 0.00000144. The largest absolute Gasteiger partial charge is 0.103 e. The second-order valence-electron chi connectivity index (χ2n) is 3.39. The van der Waals surface area contributed by atoms with Crippen LogP contribution in [-0.4, -0.2) is 0 Å². The molecule has 1 aromatic rings. The molecule has 0 nitrogen and oxygen atoms in total. The van der Waals surface area contributed by atoms with Crippen LogP contribution in [0.15, 0.2) is 36.9 Å². The first-order valence-corrected chi connectivity index (χ1v) is 4.43. The minimum absolute atomic E-state index is 0. The predicted molar refractivity (Wildman–Crippen MR) is 61.2 cm³/mol. The zero-order chi connectivity index (χ0) is 8.97. The Morgan fingerprint density at radius 2 is 1.77 bits per heavy atom. The molecule has 0 aromatic heterocycles. The minimum Gasteiger partial charge on any atom is -0.103 e. The molecule has 0 unspecified atom stereocenters. The summed E-state index contributed by atoms with van der Waals surface area (Å²) in [6.07, 6.45) is 2.91. The highest BCUT2D eigenvalue weighted by Crippen LogP contribution is 2.14. The van der Waals surface area contributed by atoms with E-state index >= 15 is 0 Å². The van der Waals surface area contributed by atoms with Crippen LogP contribution in [0, 0.1) is 0 Å². The van der Waals surface area contributed by atoms with Gasteiger partial charge in [-0.15, -0.1) is 6.58 Å². The third kappa shape index (κ3) is 3.45. The molecule has 0 atom stereocenters. The van der Waals surface area contributed by atoms with Crippen LogP contribution in [0.4, 0.5) is 0 Å². The summed E-state index contributed by atoms with van der Waals surface area (Å²) in [6.45, 7) is 8.14. The SMILES string of the molecule is C.C=CCc1ccc(C(C)C)cc1. The van der Waals surface area contributed by atoms with Gasteiger partial charge in [-0.25, -0.2) is 0 Å². The lowest BCUT2D eigenvalue weighted by Crippen LogP contribution is -1.87. The molecule has 1 rings (SSSR count). The zero-order valence-corrected chi connectivity index (χ0v) is 7.88. The van der Waals surface area contributed by atoms with E-state index in [9.17, 15) is 0 Å². The molecule has 0 aliphatic heterocycles. The zero-order valence-electron chi connectivity index (χ0n) is 7.88. The van der Waals surface area contributed by atoms with E-state index < -0.39 is 0 Å². The number of hydrogen-bond donors (Lipinski definition) is 0. The quantitative estimate of drug-likeness (QED) is 0.606. The highest BCUT2D eigenvalue weighted by Gasteiger charge is 1.97. The summed E-state index contributed by atoms with van der Waals surface area (Å²) in [5, 5.41) is 0. The number of rotatable bonds is 3. The van der Waals surface area contributed by atoms with Gasteiger partial charge in [0.15, 0.2) is 0 Å². The van der Waals surface area contributed by atoms with Crippen molar-refractivity contribution >= 4 is 0 Å². The second kappa shape index (κ2) is 5.58. The Bertz CT molecular complexity index is 241. The first-order chi connectivity index (χ1) is 5.74. The number of allylic oxidation sites excluding steroid dienone is 1. The molecule has 0 heteroatoms. The fourth-order valence-corrected chi connectivity index (χ4v) is 1.21. The molecule has 0 bridgehead atoms. The van der Waals surface area contributed by atoms with Gasteiger partial charge >= 0.3 is 0 Å². The first kappa shape index (κ1) is 12.0. The fraction of sp³-hybridized carbons (Fsp3) is 0.385. The molecule has 0 saturated carbocycles. The van der Waals surface area contributed by atoms with E-state index in [2.05, 4.69) is 44.7 Å². The van der Waals surface area contributed by atoms with Crippen LogP contribution in [0.5, 0.6) is 0 Å². The summed E-state index contributed by atoms with van der Waals surface area (Å²) in [6, 6.07) is 8.75. The van der Waals surface area contributed by atoms with Crippen molar-refractivity contribution in [2.75, 3.05) is 0 Å². The average molecular weight is 176 g/mol. The van der Waals surface area contributed by atoms with Gasteiger partial charge in [0.25, 0.3) is 0 Å². The van der Waals surface area contributed by atoms with Crippen LogP contribution in [0.2, 0.25) is 0 Å². The lowest BCUT2D eigenvalue weighted by atomic mass is 10.0. The van der Waals surface area contributed by atoms with Crippen molar-refractivity contribution in [1.29, 1.82) is 0 Å². The van der Waals surface area contributed by atoms with Crippen molar-refractivity contribution in [3.8, 4) is 0 Å². The molecule has 72 valence electrons. The van der Waals surface area contributed by atoms with Crippen LogP contribution in [0.1, 0.15) is 38.3 Å². The summed E-state index contributed by atoms with van der Waals surface area (Å²) < 4.78 is 0. The van der Waals surface area contributed by atoms with Crippen LogP contribution in [0.3, 0.4) is 0 Å². The van der Waals surface area contributed by atoms with Crippen LogP contribution in [-0.2, 0) is 6.42 Å². The van der Waals surface area contributed by atoms with Crippen molar-refractivity contribution in [1.82, 2.24) is 0 Å². The van der Waals surface area contributed by atoms with E-state index in [0.29, 0.717) is 5.92 Å². The van der Waals surface area contributed by atoms with Gasteiger partial charge in [-0.05, 0) is 23.5 Å². The maximum Gasteiger partial charge on any atom is -0.0100 e. The molecule has 13 heavy (non-hydrogen) atoms. The summed E-state index contributed by atoms with van der Waals surface area (Å²) in [4.78, 5) is 0. The predicted octanol–water partition coefficient (Wildman–Crippen LogP) is 4.17. The molecular weight excluding hydrogens is 156 g/mol. The highest BCUT2D eigenvalue weighted by molar-refractivity contribution is 5.25. The van der Waals surface area contributed by atoms with Gasteiger partial charge < -0.3 is 0 Å². The van der Waals surface area contributed by atoms with Gasteiger partial charge in [-0.1, -0.05) is 51.6 Å². The van der Waals surface area contributed by atoms with E-state index in [1.54, 1.807) is 0 Å². The van der Waals surface area contributed by atoms with E-state index in [4.69, 9.17) is 0 Å². The smallest absolute Gasteiger partial charge is 0.0100 e. The topological polar surface area (TPSA) is 0 Å². The van der Waals surface area contributed by atoms with Gasteiger partial charge in [0.1, 0.15) is 0 Å². The molecule has 0 fully saturated rings. The lowest BCUT2D eigenvalue weighted by Gasteiger charge is -2.05. The Kier molecular flexibility index (Phi) is 5.13. The Hall–Kier alpha value is -1.04. The molecule has 0 heterocycles. The van der Waals surface area contributed by atoms with Gasteiger partial charge in [0, 0.05) is 0 Å². The van der Waals surface area contributed by atoms with E-state index in [1.165, 1.54) is 11.1 Å². The molecule has 0 amide bonds. The third-order valence-electron chi connectivity index (χ3n) is 2.03. The fourth-order valence-electron chi connectivity index (χ4n) is 1.21. The Labute approximate surface area is 82.3 Å². The summed E-state index contributed by atoms with van der Waals surface area (Å²) >= 11 is 0. The molecule has 0 aliphatic rings. The minimum atomic E-state index is 0. The summed E-state index contributed by atoms with van der Waals surface area (Å²) in [5.41, 5.74) is 2.75. The molecule has 0 saturated heterocycles. The molecule has 1 aromatic carbocycles. The summed E-state index contributed by atoms with van der Waals surface area (Å²) in [5.74, 6) is 0.628. The van der Waals surface area contributed by atoms with Gasteiger partial charge in [-0.3, -0.25) is 0 Å². The van der Waals surface area contributed by atoms with Crippen molar-refractivity contribution in [3.63, 3.8) is 0 Å². The first-order valence-electron chi connectivity index (χ1n) is 4.43. The maximum atomic E-state index is 3.71. The van der Waals surface area contributed by atoms with Crippen molar-refractivity contribution in [2.24, 2.45) is 0 Å². The summed E-state index contributed by atoms with van der Waals surface area (Å²) in [7, 11) is 0. The van der Waals surface area contributed by atoms with Crippen molar-refractivity contribution in [3.05, 3.63) is 48.0 Å². The monoisotopic (exact) mass is 176 g/mol. The Morgan fingerprint density at radius 1 is 1.23 bits per heavy atom. The second-order valence-corrected chi connectivity index (χ2v) is 3.39. The molecular formula is C13H20. The third-order valence-corrected chi connectivity index (χ3v) is 2.03. The van der Waals surface area contributed by atoms with Gasteiger partial charge in [0.05, 0.1) is 0 Å². The average Bonchev–Trinajstić information content (AvgIpc) is 2.06. The van der Waals surface area contributed by atoms with E-state index in [-0.39, 0.29) is 7.43 Å². The van der Waals surface area contributed by atoms with E-state index in [1.807, 2.05) is 6.08 Å². The van der Waals surface area contributed by atoms with Crippen LogP contribution < -0.4 is 0 Å². The van der Waals surface area contributed by atoms with Crippen LogP contribution in [0.25, 0.3) is 0 Å². The molecule has 0 radical (unpaired) electrons. The van der Waals surface area contributed by atoms with Gasteiger partial charge in [0.2, 0.25) is 0 Å². The maximum absolute atomic E-state index is 3.71. The standard InChI is InChI=1S/C12H16.CH4/c1-4-5-11-6-8-12(9-7-11)10(2)3;/h4,6-10H,1,5H2,2-3H3;1H4.